The molecule has 14 nitrogen and oxygen atoms in total. The summed E-state index contributed by atoms with van der Waals surface area (Å²) in [6.07, 6.45) is 6.63. The number of anilines is 8. The molecule has 0 bridgehead atoms. The van der Waals surface area contributed by atoms with E-state index in [9.17, 15) is 29.4 Å². The second-order valence-corrected chi connectivity index (χ2v) is 23.7. The molecule has 0 aromatic heterocycles. The van der Waals surface area contributed by atoms with Gasteiger partial charge in [0.2, 0.25) is 0 Å². The van der Waals surface area contributed by atoms with Crippen molar-refractivity contribution in [2.75, 3.05) is 80.6 Å². The van der Waals surface area contributed by atoms with E-state index < -0.39 is 22.8 Å². The lowest BCUT2D eigenvalue weighted by Gasteiger charge is -2.32. The van der Waals surface area contributed by atoms with Crippen molar-refractivity contribution in [1.29, 1.82) is 0 Å². The first-order valence-corrected chi connectivity index (χ1v) is 30.4. The van der Waals surface area contributed by atoms with Gasteiger partial charge in [0.25, 0.3) is 0 Å². The van der Waals surface area contributed by atoms with Gasteiger partial charge in [-0.25, -0.2) is 0 Å². The molecule has 448 valence electrons. The van der Waals surface area contributed by atoms with Crippen LogP contribution in [0.4, 0.5) is 45.5 Å². The van der Waals surface area contributed by atoms with Gasteiger partial charge in [0.1, 0.15) is 0 Å². The molecule has 0 spiro atoms. The van der Waals surface area contributed by atoms with Crippen LogP contribution in [0.2, 0.25) is 0 Å². The molecule has 87 heavy (non-hydrogen) atoms. The number of carboxylic acid groups (broad SMARTS) is 2. The topological polar surface area (TPSA) is 170 Å². The van der Waals surface area contributed by atoms with Gasteiger partial charge in [-0.1, -0.05) is 88.4 Å². The fourth-order valence-electron chi connectivity index (χ4n) is 12.9. The largest absolute Gasteiger partial charge is 0.481 e. The molecule has 10 rings (SSSR count). The molecule has 0 radical (unpaired) electrons. The molecular formula is C73H80N8O6. The first kappa shape index (κ1) is 60.6. The quantitative estimate of drug-likeness (QED) is 0.0224. The van der Waals surface area contributed by atoms with Crippen LogP contribution in [-0.2, 0) is 33.3 Å². The third-order valence-electron chi connectivity index (χ3n) is 17.5. The molecule has 0 saturated heterocycles. The molecule has 0 fully saturated rings. The van der Waals surface area contributed by atoms with E-state index in [1.165, 1.54) is 11.4 Å². The summed E-state index contributed by atoms with van der Waals surface area (Å²) in [6.45, 7) is 21.7. The molecule has 6 N–H and O–H groups in total. The Hall–Kier alpha value is -9.56. The maximum Gasteiger partial charge on any atom is 0.305 e. The highest BCUT2D eigenvalue weighted by Gasteiger charge is 2.45. The molecule has 0 saturated carbocycles. The second-order valence-electron chi connectivity index (χ2n) is 23.7. The Kier molecular flexibility index (Phi) is 18.1. The van der Waals surface area contributed by atoms with Gasteiger partial charge in [0.05, 0.1) is 41.6 Å². The van der Waals surface area contributed by atoms with Crippen molar-refractivity contribution in [3.05, 3.63) is 215 Å². The molecule has 1 unspecified atom stereocenters. The number of nitrogens with zero attached hydrogens (tertiary/aromatic N) is 4. The van der Waals surface area contributed by atoms with Gasteiger partial charge in [-0.05, 0) is 187 Å². The maximum atomic E-state index is 13.7. The van der Waals surface area contributed by atoms with Crippen molar-refractivity contribution in [3.8, 4) is 0 Å². The number of carbonyl (C=O) groups is 4. The number of fused-ring (bicyclic) bond motifs is 6. The summed E-state index contributed by atoms with van der Waals surface area (Å²) >= 11 is 0. The van der Waals surface area contributed by atoms with Gasteiger partial charge < -0.3 is 51.5 Å². The molecule has 2 aliphatic heterocycles. The van der Waals surface area contributed by atoms with E-state index in [1.54, 1.807) is 0 Å². The van der Waals surface area contributed by atoms with Gasteiger partial charge in [0.15, 0.2) is 11.6 Å². The predicted octanol–water partition coefficient (Wildman–Crippen LogP) is 15.1. The third kappa shape index (κ3) is 13.0. The smallest absolute Gasteiger partial charge is 0.305 e. The number of carbonyl (C=O) groups excluding carboxylic acids is 2. The monoisotopic (exact) mass is 1160 g/mol. The zero-order chi connectivity index (χ0) is 61.6. The Labute approximate surface area is 511 Å². The number of nitrogens with one attached hydrogen (secondary N) is 4. The van der Waals surface area contributed by atoms with Crippen molar-refractivity contribution >= 4 is 90.5 Å². The summed E-state index contributed by atoms with van der Waals surface area (Å²) in [4.78, 5) is 60.7. The number of benzene rings is 8. The van der Waals surface area contributed by atoms with Crippen molar-refractivity contribution in [3.63, 3.8) is 0 Å². The molecule has 0 amide bonds. The Balaban J connectivity index is 0.838. The van der Waals surface area contributed by atoms with Crippen LogP contribution in [-0.4, -0.2) is 79.0 Å². The number of Topliss-reactive ketones (excluding diaryl/α,β-unsaturated/α-hetero) is 2. The molecule has 8 aromatic rings. The van der Waals surface area contributed by atoms with Gasteiger partial charge in [-0.15, -0.1) is 0 Å². The van der Waals surface area contributed by atoms with E-state index >= 15 is 0 Å². The lowest BCUT2D eigenvalue weighted by molar-refractivity contribution is -0.137. The van der Waals surface area contributed by atoms with E-state index in [4.69, 9.17) is 0 Å². The third-order valence-corrected chi connectivity index (χ3v) is 17.5. The summed E-state index contributed by atoms with van der Waals surface area (Å²) < 4.78 is 0. The zero-order valence-electron chi connectivity index (χ0n) is 51.2. The number of hydrazine groups is 2. The highest BCUT2D eigenvalue weighted by atomic mass is 16.4. The number of allylic oxidation sites excluding steroid dienone is 3. The molecular weight excluding hydrogens is 1080 g/mol. The van der Waals surface area contributed by atoms with Gasteiger partial charge in [0, 0.05) is 103 Å². The standard InChI is InChI=1S/C73H80N8O6/c1-9-78(10-2)58-32-28-56(29-33-58)76-74-54-24-18-50(19-25-54)64(82)46-48-16-36-60-52(44-48)22-38-62-70(60)72(5,6)66(80(62)42-40-68(84)85)14-13-15-67-73(7,8)71-61-37-17-49(45-53(61)23-39-63(71)81(67)43-41-69(86)87)47-65(83)51-20-26-55(27-21-51)75-77-57-30-34-59(35-31-57)79(11-3)12-4/h13-39,44-45,66,74-77H,9-12,40-43,46-47H2,1-8H3,(H,84,85)(H,86,87)/b14-13+,67-15+. The minimum atomic E-state index is -0.892. The second kappa shape index (κ2) is 26.0. The van der Waals surface area contributed by atoms with Crippen LogP contribution in [0.15, 0.2) is 182 Å². The SMILES string of the molecule is CCN(CC)c1ccc(NNc2ccc(C(=O)Cc3ccc4c5c(ccc4c3)N(CCC(=O)O)/C(=C/C=C/C3N(CCC(=O)O)c4ccc6cc(CC(=O)c7ccc(NNc8ccc(N(CC)CC)cc8)cc7)ccc6c4C3(C)C)C5(C)C)cc2)cc1. The number of aliphatic carboxylic acids is 2. The Morgan fingerprint density at radius 1 is 0.506 bits per heavy atom. The van der Waals surface area contributed by atoms with Crippen molar-refractivity contribution in [1.82, 2.24) is 0 Å². The van der Waals surface area contributed by atoms with E-state index in [0.29, 0.717) is 17.7 Å². The van der Waals surface area contributed by atoms with E-state index in [-0.39, 0.29) is 49.8 Å². The van der Waals surface area contributed by atoms with Crippen molar-refractivity contribution in [2.45, 2.75) is 97.9 Å². The highest BCUT2D eigenvalue weighted by molar-refractivity contribution is 6.01. The van der Waals surface area contributed by atoms with Crippen LogP contribution in [0.3, 0.4) is 0 Å². The Morgan fingerprint density at radius 2 is 0.920 bits per heavy atom. The normalized spacial score (nSPS) is 15.2. The number of ketones is 2. The van der Waals surface area contributed by atoms with Crippen LogP contribution >= 0.6 is 0 Å². The summed E-state index contributed by atoms with van der Waals surface area (Å²) in [6, 6.07) is 52.0. The first-order valence-electron chi connectivity index (χ1n) is 30.4. The minimum absolute atomic E-state index is 0.00881. The van der Waals surface area contributed by atoms with Crippen LogP contribution in [0, 0.1) is 0 Å². The van der Waals surface area contributed by atoms with E-state index in [1.807, 2.05) is 84.9 Å². The molecule has 2 heterocycles. The number of rotatable bonds is 26. The van der Waals surface area contributed by atoms with E-state index in [0.717, 1.165) is 110 Å². The molecule has 8 aromatic carbocycles. The molecule has 2 aliphatic rings. The summed E-state index contributed by atoms with van der Waals surface area (Å²) in [7, 11) is 0. The molecule has 1 atom stereocenters. The van der Waals surface area contributed by atoms with Crippen LogP contribution < -0.4 is 41.3 Å². The lowest BCUT2D eigenvalue weighted by Crippen LogP contribution is -2.41. The average molecular weight is 1170 g/mol. The average Bonchev–Trinajstić information content (AvgIpc) is 1.64. The number of carboxylic acids is 2. The van der Waals surface area contributed by atoms with Crippen LogP contribution in [0.1, 0.15) is 111 Å². The Morgan fingerprint density at radius 3 is 1.36 bits per heavy atom. The summed E-state index contributed by atoms with van der Waals surface area (Å²) in [5.74, 6) is -1.76. The minimum Gasteiger partial charge on any atom is -0.481 e. The summed E-state index contributed by atoms with van der Waals surface area (Å²) in [5, 5.41) is 24.0. The van der Waals surface area contributed by atoms with Crippen molar-refractivity contribution in [2.24, 2.45) is 0 Å². The summed E-state index contributed by atoms with van der Waals surface area (Å²) in [5.41, 5.74) is 25.9. The zero-order valence-corrected chi connectivity index (χ0v) is 51.2. The maximum absolute atomic E-state index is 13.7. The Bertz CT molecular complexity index is 3880. The number of hydrogen-bond donors (Lipinski definition) is 6. The number of hydrogen-bond acceptors (Lipinski definition) is 12. The molecule has 0 aliphatic carbocycles. The van der Waals surface area contributed by atoms with Gasteiger partial charge >= 0.3 is 11.9 Å². The van der Waals surface area contributed by atoms with Crippen molar-refractivity contribution < 1.29 is 29.4 Å². The fourth-order valence-corrected chi connectivity index (χ4v) is 12.9. The van der Waals surface area contributed by atoms with E-state index in [2.05, 4.69) is 188 Å². The fraction of sp³-hybridized carbons (Fsp3) is 0.288. The lowest BCUT2D eigenvalue weighted by atomic mass is 9.78. The predicted molar refractivity (Wildman–Crippen MR) is 358 cm³/mol. The van der Waals surface area contributed by atoms with Crippen LogP contribution in [0.25, 0.3) is 21.5 Å². The van der Waals surface area contributed by atoms with Crippen LogP contribution in [0.5, 0.6) is 0 Å². The highest BCUT2D eigenvalue weighted by Crippen LogP contribution is 2.52. The first-order chi connectivity index (χ1) is 41.9. The van der Waals surface area contributed by atoms with Gasteiger partial charge in [-0.2, -0.15) is 0 Å². The molecule has 14 heteroatoms. The van der Waals surface area contributed by atoms with Gasteiger partial charge in [-0.3, -0.25) is 19.2 Å².